The zero-order valence-electron chi connectivity index (χ0n) is 15.7. The van der Waals surface area contributed by atoms with Crippen molar-refractivity contribution in [3.05, 3.63) is 47.6 Å². The molecule has 0 spiro atoms. The quantitative estimate of drug-likeness (QED) is 0.751. The number of nitrogens with zero attached hydrogens (tertiary/aromatic N) is 2. The van der Waals surface area contributed by atoms with Crippen molar-refractivity contribution < 1.29 is 9.32 Å². The minimum Gasteiger partial charge on any atom is -0.354 e. The predicted octanol–water partition coefficient (Wildman–Crippen LogP) is 3.83. The standard InChI is InChI=1S/C20H29N3O2/c1-5-17-22-19(25-23-17)13-9-12-18(24)21-15(2)14-20(3,4)16-10-7-6-8-11-16/h6-8,10-11,15H,5,9,12-14H2,1-4H3,(H,21,24). The van der Waals surface area contributed by atoms with Crippen LogP contribution in [0.15, 0.2) is 34.9 Å². The molecule has 1 unspecified atom stereocenters. The van der Waals surface area contributed by atoms with Gasteiger partial charge in [-0.2, -0.15) is 4.98 Å². The Morgan fingerprint density at radius 1 is 1.28 bits per heavy atom. The SMILES string of the molecule is CCc1noc(CCCC(=O)NC(C)CC(C)(C)c2ccccc2)n1. The molecule has 2 aromatic rings. The van der Waals surface area contributed by atoms with E-state index in [0.29, 0.717) is 25.2 Å². The largest absolute Gasteiger partial charge is 0.354 e. The van der Waals surface area contributed by atoms with Gasteiger partial charge in [0.1, 0.15) is 0 Å². The summed E-state index contributed by atoms with van der Waals surface area (Å²) in [6, 6.07) is 10.5. The molecule has 1 atom stereocenters. The number of hydrogen-bond acceptors (Lipinski definition) is 4. The molecular formula is C20H29N3O2. The molecule has 0 saturated carbocycles. The molecule has 2 rings (SSSR count). The zero-order valence-corrected chi connectivity index (χ0v) is 15.7. The van der Waals surface area contributed by atoms with Gasteiger partial charge < -0.3 is 9.84 Å². The maximum atomic E-state index is 12.1. The third kappa shape index (κ3) is 6.00. The maximum absolute atomic E-state index is 12.1. The third-order valence-electron chi connectivity index (χ3n) is 4.40. The van der Waals surface area contributed by atoms with Gasteiger partial charge in [-0.15, -0.1) is 0 Å². The van der Waals surface area contributed by atoms with Crippen LogP contribution in [0, 0.1) is 0 Å². The van der Waals surface area contributed by atoms with Gasteiger partial charge in [0.2, 0.25) is 11.8 Å². The molecule has 0 aliphatic heterocycles. The van der Waals surface area contributed by atoms with Gasteiger partial charge in [-0.1, -0.05) is 56.3 Å². The topological polar surface area (TPSA) is 68.0 Å². The van der Waals surface area contributed by atoms with E-state index in [4.69, 9.17) is 4.52 Å². The molecule has 0 fully saturated rings. The molecule has 1 N–H and O–H groups in total. The van der Waals surface area contributed by atoms with Crippen molar-refractivity contribution >= 4 is 5.91 Å². The average Bonchev–Trinajstić information content (AvgIpc) is 3.03. The van der Waals surface area contributed by atoms with Gasteiger partial charge in [-0.05, 0) is 30.7 Å². The Labute approximate surface area is 150 Å². The molecule has 1 aromatic heterocycles. The molecule has 136 valence electrons. The molecule has 0 radical (unpaired) electrons. The number of nitrogens with one attached hydrogen (secondary N) is 1. The Balaban J connectivity index is 1.74. The van der Waals surface area contributed by atoms with E-state index >= 15 is 0 Å². The number of hydrogen-bond donors (Lipinski definition) is 1. The molecule has 0 aliphatic carbocycles. The van der Waals surface area contributed by atoms with E-state index < -0.39 is 0 Å². The van der Waals surface area contributed by atoms with Crippen LogP contribution in [0.4, 0.5) is 0 Å². The lowest BCUT2D eigenvalue weighted by Crippen LogP contribution is -2.37. The molecular weight excluding hydrogens is 314 g/mol. The number of benzene rings is 1. The lowest BCUT2D eigenvalue weighted by Gasteiger charge is -2.29. The van der Waals surface area contributed by atoms with E-state index in [-0.39, 0.29) is 17.4 Å². The van der Waals surface area contributed by atoms with Gasteiger partial charge in [0.05, 0.1) is 0 Å². The van der Waals surface area contributed by atoms with E-state index in [1.54, 1.807) is 0 Å². The fraction of sp³-hybridized carbons (Fsp3) is 0.550. The monoisotopic (exact) mass is 343 g/mol. The first-order chi connectivity index (χ1) is 11.9. The summed E-state index contributed by atoms with van der Waals surface area (Å²) in [6.07, 6.45) is 3.49. The van der Waals surface area contributed by atoms with Crippen LogP contribution in [0.5, 0.6) is 0 Å². The van der Waals surface area contributed by atoms with E-state index in [2.05, 4.69) is 60.5 Å². The molecule has 5 nitrogen and oxygen atoms in total. The molecule has 1 heterocycles. The number of rotatable bonds is 9. The first-order valence-corrected chi connectivity index (χ1v) is 9.07. The van der Waals surface area contributed by atoms with Crippen LogP contribution in [-0.2, 0) is 23.1 Å². The second-order valence-corrected chi connectivity index (χ2v) is 7.23. The lowest BCUT2D eigenvalue weighted by molar-refractivity contribution is -0.121. The highest BCUT2D eigenvalue weighted by atomic mass is 16.5. The van der Waals surface area contributed by atoms with Gasteiger partial charge in [0.25, 0.3) is 0 Å². The number of aryl methyl sites for hydroxylation is 2. The average molecular weight is 343 g/mol. The highest BCUT2D eigenvalue weighted by Gasteiger charge is 2.23. The summed E-state index contributed by atoms with van der Waals surface area (Å²) >= 11 is 0. The van der Waals surface area contributed by atoms with Gasteiger partial charge in [-0.3, -0.25) is 4.79 Å². The molecule has 0 saturated heterocycles. The number of carbonyl (C=O) groups excluding carboxylic acids is 1. The minimum absolute atomic E-state index is 0.0221. The molecule has 0 bridgehead atoms. The van der Waals surface area contributed by atoms with Crippen LogP contribution in [0.3, 0.4) is 0 Å². The van der Waals surface area contributed by atoms with E-state index in [1.165, 1.54) is 5.56 Å². The molecule has 5 heteroatoms. The van der Waals surface area contributed by atoms with E-state index in [0.717, 1.165) is 18.7 Å². The fourth-order valence-corrected chi connectivity index (χ4v) is 3.11. The van der Waals surface area contributed by atoms with Crippen molar-refractivity contribution in [2.45, 2.75) is 71.3 Å². The number of amides is 1. The smallest absolute Gasteiger partial charge is 0.226 e. The Morgan fingerprint density at radius 3 is 2.64 bits per heavy atom. The van der Waals surface area contributed by atoms with Crippen LogP contribution in [0.1, 0.15) is 64.2 Å². The highest BCUT2D eigenvalue weighted by Crippen LogP contribution is 2.28. The van der Waals surface area contributed by atoms with Crippen LogP contribution in [-0.4, -0.2) is 22.1 Å². The van der Waals surface area contributed by atoms with E-state index in [9.17, 15) is 4.79 Å². The van der Waals surface area contributed by atoms with Crippen LogP contribution >= 0.6 is 0 Å². The Hall–Kier alpha value is -2.17. The van der Waals surface area contributed by atoms with Crippen LogP contribution in [0.2, 0.25) is 0 Å². The summed E-state index contributed by atoms with van der Waals surface area (Å²) in [5, 5.41) is 6.97. The van der Waals surface area contributed by atoms with Gasteiger partial charge >= 0.3 is 0 Å². The first kappa shape index (κ1) is 19.2. The lowest BCUT2D eigenvalue weighted by atomic mass is 9.79. The number of aromatic nitrogens is 2. The molecule has 0 aliphatic rings. The zero-order chi connectivity index (χ0) is 18.3. The summed E-state index contributed by atoms with van der Waals surface area (Å²) in [6.45, 7) is 8.48. The summed E-state index contributed by atoms with van der Waals surface area (Å²) in [7, 11) is 0. The molecule has 1 aromatic carbocycles. The normalized spacial score (nSPS) is 12.8. The summed E-state index contributed by atoms with van der Waals surface area (Å²) in [5.74, 6) is 1.41. The minimum atomic E-state index is 0.0221. The van der Waals surface area contributed by atoms with Crippen LogP contribution in [0.25, 0.3) is 0 Å². The second-order valence-electron chi connectivity index (χ2n) is 7.23. The molecule has 25 heavy (non-hydrogen) atoms. The highest BCUT2D eigenvalue weighted by molar-refractivity contribution is 5.76. The third-order valence-corrected chi connectivity index (χ3v) is 4.40. The van der Waals surface area contributed by atoms with Crippen molar-refractivity contribution in [1.29, 1.82) is 0 Å². The molecule has 1 amide bonds. The first-order valence-electron chi connectivity index (χ1n) is 9.07. The maximum Gasteiger partial charge on any atom is 0.226 e. The van der Waals surface area contributed by atoms with Crippen molar-refractivity contribution in [2.24, 2.45) is 0 Å². The predicted molar refractivity (Wildman–Crippen MR) is 98.3 cm³/mol. The van der Waals surface area contributed by atoms with Gasteiger partial charge in [0, 0.05) is 25.3 Å². The Morgan fingerprint density at radius 2 is 2.00 bits per heavy atom. The van der Waals surface area contributed by atoms with Crippen molar-refractivity contribution in [2.75, 3.05) is 0 Å². The second kappa shape index (κ2) is 8.79. The number of carbonyl (C=O) groups is 1. The van der Waals surface area contributed by atoms with Gasteiger partial charge in [0.15, 0.2) is 5.82 Å². The fourth-order valence-electron chi connectivity index (χ4n) is 3.11. The van der Waals surface area contributed by atoms with Crippen molar-refractivity contribution in [1.82, 2.24) is 15.5 Å². The summed E-state index contributed by atoms with van der Waals surface area (Å²) < 4.78 is 5.14. The Kier molecular flexibility index (Phi) is 6.73. The van der Waals surface area contributed by atoms with Crippen molar-refractivity contribution in [3.63, 3.8) is 0 Å². The van der Waals surface area contributed by atoms with Crippen LogP contribution < -0.4 is 5.32 Å². The van der Waals surface area contributed by atoms with E-state index in [1.807, 2.05) is 13.0 Å². The van der Waals surface area contributed by atoms with Gasteiger partial charge in [-0.25, -0.2) is 0 Å². The summed E-state index contributed by atoms with van der Waals surface area (Å²) in [4.78, 5) is 16.4. The van der Waals surface area contributed by atoms with Crippen molar-refractivity contribution in [3.8, 4) is 0 Å². The Bertz CT molecular complexity index is 665. The summed E-state index contributed by atoms with van der Waals surface area (Å²) in [5.41, 5.74) is 1.31.